The summed E-state index contributed by atoms with van der Waals surface area (Å²) < 4.78 is 39.0. The summed E-state index contributed by atoms with van der Waals surface area (Å²) in [5, 5.41) is 12.8. The summed E-state index contributed by atoms with van der Waals surface area (Å²) in [6.07, 6.45) is -0.701. The van der Waals surface area contributed by atoms with Gasteiger partial charge in [0.05, 0.1) is 22.9 Å². The minimum absolute atomic E-state index is 0.0151. The van der Waals surface area contributed by atoms with Crippen molar-refractivity contribution in [3.8, 4) is 6.07 Å². The van der Waals surface area contributed by atoms with E-state index in [0.717, 1.165) is 31.7 Å². The zero-order valence-electron chi connectivity index (χ0n) is 11.2. The summed E-state index contributed by atoms with van der Waals surface area (Å²) >= 11 is 0. The summed E-state index contributed by atoms with van der Waals surface area (Å²) in [6, 6.07) is 5.32. The fourth-order valence-corrected chi connectivity index (χ4v) is 3.03. The summed E-state index contributed by atoms with van der Waals surface area (Å²) in [6.45, 7) is 0. The molecule has 0 spiro atoms. The fraction of sp³-hybridized carbons (Fsp3) is 0.467. The van der Waals surface area contributed by atoms with Crippen LogP contribution >= 0.6 is 0 Å². The number of hydrogen-bond acceptors (Lipinski definition) is 3. The van der Waals surface area contributed by atoms with E-state index < -0.39 is 11.7 Å². The summed E-state index contributed by atoms with van der Waals surface area (Å²) in [4.78, 5) is 5.35. The first kappa shape index (κ1) is 13.9. The molecule has 1 aliphatic heterocycles. The number of nitriles is 1. The molecule has 1 aliphatic carbocycles. The Kier molecular flexibility index (Phi) is 3.36. The standard InChI is InChI=1S/C15H13F3N2O/c16-15(17,18)12-7-9(5-6-10(12)8-19)14-11-3-1-2-4-13(11)21-20-14/h5-7,11,13H,1-4H2/t11-,13+/m1/s1. The molecule has 0 unspecified atom stereocenters. The zero-order chi connectivity index (χ0) is 15.0. The first-order valence-electron chi connectivity index (χ1n) is 6.86. The van der Waals surface area contributed by atoms with Crippen LogP contribution < -0.4 is 0 Å². The van der Waals surface area contributed by atoms with Crippen LogP contribution in [0.3, 0.4) is 0 Å². The van der Waals surface area contributed by atoms with E-state index in [-0.39, 0.29) is 17.6 Å². The zero-order valence-corrected chi connectivity index (χ0v) is 11.2. The highest BCUT2D eigenvalue weighted by Crippen LogP contribution is 2.37. The van der Waals surface area contributed by atoms with Crippen molar-refractivity contribution < 1.29 is 18.0 Å². The lowest BCUT2D eigenvalue weighted by molar-refractivity contribution is -0.137. The number of benzene rings is 1. The number of alkyl halides is 3. The predicted molar refractivity (Wildman–Crippen MR) is 69.5 cm³/mol. The van der Waals surface area contributed by atoms with Gasteiger partial charge in [-0.2, -0.15) is 18.4 Å². The number of rotatable bonds is 1. The van der Waals surface area contributed by atoms with Crippen molar-refractivity contribution >= 4 is 5.71 Å². The van der Waals surface area contributed by atoms with Crippen LogP contribution in [0.2, 0.25) is 0 Å². The second-order valence-electron chi connectivity index (χ2n) is 5.38. The Labute approximate surface area is 120 Å². The average Bonchev–Trinajstić information content (AvgIpc) is 2.89. The van der Waals surface area contributed by atoms with Crippen LogP contribution in [-0.2, 0) is 11.0 Å². The Morgan fingerprint density at radius 3 is 2.71 bits per heavy atom. The van der Waals surface area contributed by atoms with Crippen molar-refractivity contribution in [3.63, 3.8) is 0 Å². The average molecular weight is 294 g/mol. The molecule has 2 atom stereocenters. The van der Waals surface area contributed by atoms with Gasteiger partial charge in [0.1, 0.15) is 6.10 Å². The van der Waals surface area contributed by atoms with Crippen molar-refractivity contribution in [2.75, 3.05) is 0 Å². The Bertz CT molecular complexity index is 631. The van der Waals surface area contributed by atoms with Crippen LogP contribution in [0.25, 0.3) is 0 Å². The second-order valence-corrected chi connectivity index (χ2v) is 5.38. The molecular weight excluding hydrogens is 281 g/mol. The van der Waals surface area contributed by atoms with Crippen LogP contribution in [0.15, 0.2) is 23.4 Å². The van der Waals surface area contributed by atoms with Crippen molar-refractivity contribution in [3.05, 3.63) is 34.9 Å². The van der Waals surface area contributed by atoms with Gasteiger partial charge in [0.25, 0.3) is 0 Å². The Morgan fingerprint density at radius 1 is 1.24 bits per heavy atom. The number of nitrogens with zero attached hydrogens (tertiary/aromatic N) is 2. The highest BCUT2D eigenvalue weighted by molar-refractivity contribution is 6.03. The van der Waals surface area contributed by atoms with E-state index in [1.807, 2.05) is 0 Å². The number of halogens is 3. The highest BCUT2D eigenvalue weighted by Gasteiger charge is 2.39. The van der Waals surface area contributed by atoms with Gasteiger partial charge < -0.3 is 4.84 Å². The molecule has 1 saturated carbocycles. The Balaban J connectivity index is 1.99. The van der Waals surface area contributed by atoms with Gasteiger partial charge >= 0.3 is 6.18 Å². The van der Waals surface area contributed by atoms with E-state index in [4.69, 9.17) is 10.1 Å². The third-order valence-electron chi connectivity index (χ3n) is 4.08. The maximum absolute atomic E-state index is 13.0. The fourth-order valence-electron chi connectivity index (χ4n) is 3.03. The van der Waals surface area contributed by atoms with Gasteiger partial charge in [-0.05, 0) is 31.4 Å². The Hall–Kier alpha value is -2.03. The molecule has 0 N–H and O–H groups in total. The summed E-state index contributed by atoms with van der Waals surface area (Å²) in [5.74, 6) is 0.0627. The molecule has 0 amide bonds. The SMILES string of the molecule is N#Cc1ccc(C2=NO[C@H]3CCCC[C@@H]23)cc1C(F)(F)F. The third kappa shape index (κ3) is 2.48. The second kappa shape index (κ2) is 5.06. The Morgan fingerprint density at radius 2 is 2.00 bits per heavy atom. The van der Waals surface area contributed by atoms with Crippen molar-refractivity contribution in [1.29, 1.82) is 5.26 Å². The van der Waals surface area contributed by atoms with E-state index >= 15 is 0 Å². The predicted octanol–water partition coefficient (Wildman–Crippen LogP) is 3.87. The van der Waals surface area contributed by atoms with Gasteiger partial charge in [0.15, 0.2) is 0 Å². The molecule has 0 aromatic heterocycles. The third-order valence-corrected chi connectivity index (χ3v) is 4.08. The molecule has 0 saturated heterocycles. The van der Waals surface area contributed by atoms with Gasteiger partial charge in [0, 0.05) is 11.5 Å². The van der Waals surface area contributed by atoms with Crippen LogP contribution in [0.1, 0.15) is 42.4 Å². The lowest BCUT2D eigenvalue weighted by Gasteiger charge is -2.23. The highest BCUT2D eigenvalue weighted by atomic mass is 19.4. The quantitative estimate of drug-likeness (QED) is 0.789. The van der Waals surface area contributed by atoms with Crippen LogP contribution in [-0.4, -0.2) is 11.8 Å². The van der Waals surface area contributed by atoms with Gasteiger partial charge in [-0.3, -0.25) is 0 Å². The molecule has 3 nitrogen and oxygen atoms in total. The van der Waals surface area contributed by atoms with Crippen LogP contribution in [0.5, 0.6) is 0 Å². The molecule has 110 valence electrons. The molecule has 0 bridgehead atoms. The summed E-state index contributed by atoms with van der Waals surface area (Å²) in [7, 11) is 0. The largest absolute Gasteiger partial charge is 0.417 e. The summed E-state index contributed by atoms with van der Waals surface area (Å²) in [5.41, 5.74) is -0.305. The number of fused-ring (bicyclic) bond motifs is 1. The topological polar surface area (TPSA) is 45.4 Å². The molecule has 6 heteroatoms. The molecule has 2 aliphatic rings. The molecule has 1 aromatic rings. The first-order chi connectivity index (χ1) is 10.0. The molecule has 1 fully saturated rings. The van der Waals surface area contributed by atoms with Gasteiger partial charge in [-0.1, -0.05) is 17.6 Å². The molecular formula is C15H13F3N2O. The molecule has 3 rings (SSSR count). The number of oxime groups is 1. The van der Waals surface area contributed by atoms with Crippen LogP contribution in [0, 0.1) is 17.2 Å². The van der Waals surface area contributed by atoms with E-state index in [2.05, 4.69) is 5.16 Å². The van der Waals surface area contributed by atoms with E-state index in [1.54, 1.807) is 6.07 Å². The van der Waals surface area contributed by atoms with Crippen LogP contribution in [0.4, 0.5) is 13.2 Å². The van der Waals surface area contributed by atoms with Gasteiger partial charge in [-0.25, -0.2) is 0 Å². The lowest BCUT2D eigenvalue weighted by atomic mass is 9.81. The number of hydrogen-bond donors (Lipinski definition) is 0. The van der Waals surface area contributed by atoms with Gasteiger partial charge in [0.2, 0.25) is 0 Å². The maximum Gasteiger partial charge on any atom is 0.417 e. The molecule has 21 heavy (non-hydrogen) atoms. The minimum atomic E-state index is -4.55. The van der Waals surface area contributed by atoms with E-state index in [1.165, 1.54) is 12.1 Å². The van der Waals surface area contributed by atoms with Gasteiger partial charge in [-0.15, -0.1) is 0 Å². The lowest BCUT2D eigenvalue weighted by Crippen LogP contribution is -2.27. The van der Waals surface area contributed by atoms with E-state index in [0.29, 0.717) is 11.3 Å². The van der Waals surface area contributed by atoms with E-state index in [9.17, 15) is 13.2 Å². The minimum Gasteiger partial charge on any atom is -0.392 e. The van der Waals surface area contributed by atoms with Crippen molar-refractivity contribution in [2.24, 2.45) is 11.1 Å². The normalized spacial score (nSPS) is 24.8. The maximum atomic E-state index is 13.0. The van der Waals surface area contributed by atoms with Crippen molar-refractivity contribution in [2.45, 2.75) is 38.0 Å². The molecule has 1 heterocycles. The first-order valence-corrected chi connectivity index (χ1v) is 6.86. The monoisotopic (exact) mass is 294 g/mol. The smallest absolute Gasteiger partial charge is 0.392 e. The molecule has 0 radical (unpaired) electrons. The van der Waals surface area contributed by atoms with Crippen molar-refractivity contribution in [1.82, 2.24) is 0 Å². The molecule has 1 aromatic carbocycles.